The van der Waals surface area contributed by atoms with Crippen LogP contribution in [0.5, 0.6) is 5.75 Å². The summed E-state index contributed by atoms with van der Waals surface area (Å²) < 4.78 is 34.2. The first-order valence-corrected chi connectivity index (χ1v) is 9.29. The first-order chi connectivity index (χ1) is 12.1. The van der Waals surface area contributed by atoms with Gasteiger partial charge in [0.05, 0.1) is 0 Å². The quantitative estimate of drug-likeness (QED) is 0.545. The van der Waals surface area contributed by atoms with Crippen LogP contribution in [0.15, 0.2) is 36.4 Å². The second-order valence-electron chi connectivity index (χ2n) is 6.99. The lowest BCUT2D eigenvalue weighted by molar-refractivity contribution is 0.319. The van der Waals surface area contributed by atoms with Gasteiger partial charge in [-0.25, -0.2) is 4.39 Å². The highest BCUT2D eigenvalue weighted by atomic mass is 19.2. The largest absolute Gasteiger partial charge is 0.486 e. The first kappa shape index (κ1) is 17.9. The van der Waals surface area contributed by atoms with Crippen molar-refractivity contribution in [2.75, 3.05) is 6.61 Å². The van der Waals surface area contributed by atoms with E-state index in [2.05, 4.69) is 13.0 Å². The summed E-state index contributed by atoms with van der Waals surface area (Å²) in [4.78, 5) is 0. The molecule has 1 saturated carbocycles. The number of fused-ring (bicyclic) bond motifs is 1. The van der Waals surface area contributed by atoms with E-state index in [1.54, 1.807) is 12.1 Å². The minimum absolute atomic E-state index is 0.0284. The van der Waals surface area contributed by atoms with E-state index in [-0.39, 0.29) is 12.4 Å². The van der Waals surface area contributed by atoms with Crippen molar-refractivity contribution in [1.29, 1.82) is 0 Å². The molecule has 0 saturated heterocycles. The zero-order valence-corrected chi connectivity index (χ0v) is 15.0. The van der Waals surface area contributed by atoms with E-state index in [0.717, 1.165) is 24.3 Å². The third kappa shape index (κ3) is 3.86. The average molecular weight is 344 g/mol. The molecule has 3 heteroatoms. The lowest BCUT2D eigenvalue weighted by atomic mass is 9.77. The van der Waals surface area contributed by atoms with Gasteiger partial charge in [-0.1, -0.05) is 37.6 Å². The van der Waals surface area contributed by atoms with Crippen LogP contribution >= 0.6 is 0 Å². The number of ether oxygens (including phenoxy) is 1. The Morgan fingerprint density at radius 2 is 1.84 bits per heavy atom. The Hall–Kier alpha value is -1.90. The topological polar surface area (TPSA) is 9.23 Å². The van der Waals surface area contributed by atoms with Crippen molar-refractivity contribution in [2.45, 2.75) is 51.9 Å². The van der Waals surface area contributed by atoms with Gasteiger partial charge in [0.1, 0.15) is 6.61 Å². The number of halogens is 2. The molecule has 0 N–H and O–H groups in total. The minimum Gasteiger partial charge on any atom is -0.486 e. The molecule has 1 nitrogen and oxygen atoms in total. The number of allylic oxidation sites excluding steroid dienone is 1. The molecule has 1 fully saturated rings. The highest BCUT2D eigenvalue weighted by Gasteiger charge is 2.22. The summed E-state index contributed by atoms with van der Waals surface area (Å²) in [6.45, 7) is 4.34. The Morgan fingerprint density at radius 3 is 2.52 bits per heavy atom. The fourth-order valence-electron chi connectivity index (χ4n) is 3.82. The Balaban J connectivity index is 1.88. The van der Waals surface area contributed by atoms with Crippen LogP contribution in [0.1, 0.15) is 57.4 Å². The van der Waals surface area contributed by atoms with E-state index in [9.17, 15) is 8.78 Å². The van der Waals surface area contributed by atoms with Gasteiger partial charge in [0.2, 0.25) is 5.82 Å². The molecule has 2 aromatic carbocycles. The predicted molar refractivity (Wildman–Crippen MR) is 99.2 cm³/mol. The molecule has 25 heavy (non-hydrogen) atoms. The molecule has 0 aliphatic heterocycles. The number of benzene rings is 2. The smallest absolute Gasteiger partial charge is 0.201 e. The van der Waals surface area contributed by atoms with E-state index < -0.39 is 11.6 Å². The molecule has 0 aromatic heterocycles. The fraction of sp³-hybridized carbons (Fsp3) is 0.455. The van der Waals surface area contributed by atoms with Gasteiger partial charge in [-0.3, -0.25) is 0 Å². The Kier molecular flexibility index (Phi) is 5.72. The predicted octanol–water partition coefficient (Wildman–Crippen LogP) is 6.76. The van der Waals surface area contributed by atoms with E-state index in [1.807, 2.05) is 25.1 Å². The number of hydrogen-bond donors (Lipinski definition) is 0. The SMILES string of the molecule is CC=CCOc1cc2ccc(C3CCC(CC)CC3)cc2c(F)c1F. The molecule has 0 heterocycles. The summed E-state index contributed by atoms with van der Waals surface area (Å²) in [7, 11) is 0. The van der Waals surface area contributed by atoms with Crippen LogP contribution in [-0.4, -0.2) is 6.61 Å². The highest BCUT2D eigenvalue weighted by Crippen LogP contribution is 2.38. The van der Waals surface area contributed by atoms with Crippen molar-refractivity contribution in [3.05, 3.63) is 53.6 Å². The van der Waals surface area contributed by atoms with E-state index in [0.29, 0.717) is 16.7 Å². The first-order valence-electron chi connectivity index (χ1n) is 9.29. The summed E-state index contributed by atoms with van der Waals surface area (Å²) in [6.07, 6.45) is 9.55. The Morgan fingerprint density at radius 1 is 1.08 bits per heavy atom. The summed E-state index contributed by atoms with van der Waals surface area (Å²) in [6, 6.07) is 7.38. The molecule has 0 amide bonds. The third-order valence-corrected chi connectivity index (χ3v) is 5.48. The van der Waals surface area contributed by atoms with Crippen molar-refractivity contribution in [2.24, 2.45) is 5.92 Å². The molecule has 2 aromatic rings. The Labute approximate surface area is 148 Å². The van der Waals surface area contributed by atoms with Crippen LogP contribution < -0.4 is 4.74 Å². The maximum Gasteiger partial charge on any atom is 0.201 e. The molecule has 0 radical (unpaired) electrons. The molecule has 0 unspecified atom stereocenters. The van der Waals surface area contributed by atoms with Crippen LogP contribution in [0.25, 0.3) is 10.8 Å². The summed E-state index contributed by atoms with van der Waals surface area (Å²) >= 11 is 0. The normalized spacial score (nSPS) is 21.1. The van der Waals surface area contributed by atoms with Gasteiger partial charge in [0, 0.05) is 5.39 Å². The van der Waals surface area contributed by atoms with Crippen LogP contribution in [-0.2, 0) is 0 Å². The second kappa shape index (κ2) is 7.99. The van der Waals surface area contributed by atoms with Gasteiger partial charge in [-0.2, -0.15) is 4.39 Å². The number of hydrogen-bond acceptors (Lipinski definition) is 1. The van der Waals surface area contributed by atoms with Crippen LogP contribution in [0, 0.1) is 17.6 Å². The van der Waals surface area contributed by atoms with Gasteiger partial charge < -0.3 is 4.74 Å². The van der Waals surface area contributed by atoms with Crippen molar-refractivity contribution in [3.63, 3.8) is 0 Å². The molecule has 1 aliphatic rings. The molecular formula is C22H26F2O. The molecule has 0 atom stereocenters. The molecular weight excluding hydrogens is 318 g/mol. The summed E-state index contributed by atoms with van der Waals surface area (Å²) in [5.41, 5.74) is 1.13. The standard InChI is InChI=1S/C22H26F2O/c1-3-5-12-25-20-14-18-11-10-17(13-19(18)21(23)22(20)24)16-8-6-15(4-2)7-9-16/h3,5,10-11,13-16H,4,6-9,12H2,1-2H3. The fourth-order valence-corrected chi connectivity index (χ4v) is 3.82. The zero-order valence-electron chi connectivity index (χ0n) is 15.0. The van der Waals surface area contributed by atoms with Gasteiger partial charge in [-0.05, 0) is 67.5 Å². The van der Waals surface area contributed by atoms with Crippen LogP contribution in [0.3, 0.4) is 0 Å². The van der Waals surface area contributed by atoms with Gasteiger partial charge in [-0.15, -0.1) is 0 Å². The average Bonchev–Trinajstić information content (AvgIpc) is 2.65. The maximum absolute atomic E-state index is 14.6. The second-order valence-corrected chi connectivity index (χ2v) is 6.99. The van der Waals surface area contributed by atoms with Gasteiger partial charge in [0.15, 0.2) is 11.6 Å². The lowest BCUT2D eigenvalue weighted by Crippen LogP contribution is -2.12. The highest BCUT2D eigenvalue weighted by molar-refractivity contribution is 5.85. The van der Waals surface area contributed by atoms with Crippen molar-refractivity contribution in [1.82, 2.24) is 0 Å². The van der Waals surface area contributed by atoms with Crippen LogP contribution in [0.4, 0.5) is 8.78 Å². The van der Waals surface area contributed by atoms with Crippen molar-refractivity contribution >= 4 is 10.8 Å². The monoisotopic (exact) mass is 344 g/mol. The van der Waals surface area contributed by atoms with Crippen LogP contribution in [0.2, 0.25) is 0 Å². The third-order valence-electron chi connectivity index (χ3n) is 5.48. The van der Waals surface area contributed by atoms with E-state index in [4.69, 9.17) is 4.74 Å². The Bertz CT molecular complexity index is 758. The summed E-state index contributed by atoms with van der Waals surface area (Å²) in [5.74, 6) is -0.455. The molecule has 1 aliphatic carbocycles. The molecule has 0 bridgehead atoms. The lowest BCUT2D eigenvalue weighted by Gasteiger charge is -2.28. The van der Waals surface area contributed by atoms with Crippen molar-refractivity contribution in [3.8, 4) is 5.75 Å². The minimum atomic E-state index is -0.899. The van der Waals surface area contributed by atoms with Gasteiger partial charge >= 0.3 is 0 Å². The molecule has 3 rings (SSSR count). The summed E-state index contributed by atoms with van der Waals surface area (Å²) in [5, 5.41) is 1.03. The zero-order chi connectivity index (χ0) is 17.8. The maximum atomic E-state index is 14.6. The van der Waals surface area contributed by atoms with E-state index in [1.165, 1.54) is 19.3 Å². The van der Waals surface area contributed by atoms with E-state index >= 15 is 0 Å². The van der Waals surface area contributed by atoms with Crippen molar-refractivity contribution < 1.29 is 13.5 Å². The molecule has 0 spiro atoms. The van der Waals surface area contributed by atoms with Gasteiger partial charge in [0.25, 0.3) is 0 Å². The molecule has 134 valence electrons. The number of rotatable bonds is 5.